The molecular formula is C19H20N2O3. The summed E-state index contributed by atoms with van der Waals surface area (Å²) in [5.41, 5.74) is 3.32. The van der Waals surface area contributed by atoms with Crippen molar-refractivity contribution < 1.29 is 14.3 Å². The van der Waals surface area contributed by atoms with Gasteiger partial charge in [0.2, 0.25) is 5.91 Å². The van der Waals surface area contributed by atoms with Gasteiger partial charge in [-0.25, -0.2) is 4.90 Å². The van der Waals surface area contributed by atoms with Crippen molar-refractivity contribution in [1.29, 1.82) is 0 Å². The summed E-state index contributed by atoms with van der Waals surface area (Å²) < 4.78 is 5.12. The zero-order valence-corrected chi connectivity index (χ0v) is 14.0. The van der Waals surface area contributed by atoms with Crippen molar-refractivity contribution in [3.63, 3.8) is 0 Å². The molecule has 2 aromatic rings. The highest BCUT2D eigenvalue weighted by atomic mass is 16.5. The second kappa shape index (κ2) is 6.35. The van der Waals surface area contributed by atoms with Crippen molar-refractivity contribution in [2.24, 2.45) is 0 Å². The highest BCUT2D eigenvalue weighted by Crippen LogP contribution is 2.30. The quantitative estimate of drug-likeness (QED) is 0.878. The van der Waals surface area contributed by atoms with E-state index in [1.54, 1.807) is 7.11 Å². The maximum Gasteiger partial charge on any atom is 0.256 e. The first-order chi connectivity index (χ1) is 11.5. The number of aryl methyl sites for hydroxylation is 2. The van der Waals surface area contributed by atoms with Crippen LogP contribution in [0.5, 0.6) is 5.75 Å². The SMILES string of the molecule is COc1ccc(N[C@H]2CC(=O)N(c3c(C)cccc3C)C2=O)cc1. The van der Waals surface area contributed by atoms with Crippen molar-refractivity contribution in [2.45, 2.75) is 26.3 Å². The van der Waals surface area contributed by atoms with Gasteiger partial charge in [-0.2, -0.15) is 0 Å². The number of para-hydroxylation sites is 1. The Labute approximate surface area is 141 Å². The van der Waals surface area contributed by atoms with Gasteiger partial charge in [0.25, 0.3) is 5.91 Å². The molecule has 1 N–H and O–H groups in total. The monoisotopic (exact) mass is 324 g/mol. The van der Waals surface area contributed by atoms with E-state index >= 15 is 0 Å². The Morgan fingerprint density at radius 2 is 1.67 bits per heavy atom. The first-order valence-corrected chi connectivity index (χ1v) is 7.85. The number of benzene rings is 2. The van der Waals surface area contributed by atoms with Gasteiger partial charge in [0, 0.05) is 5.69 Å². The van der Waals surface area contributed by atoms with Crippen LogP contribution in [0.2, 0.25) is 0 Å². The van der Waals surface area contributed by atoms with Crippen LogP contribution in [-0.4, -0.2) is 25.0 Å². The van der Waals surface area contributed by atoms with Crippen molar-refractivity contribution in [3.05, 3.63) is 53.6 Å². The molecule has 1 aliphatic rings. The van der Waals surface area contributed by atoms with E-state index < -0.39 is 6.04 Å². The second-order valence-electron chi connectivity index (χ2n) is 5.94. The maximum absolute atomic E-state index is 12.8. The van der Waals surface area contributed by atoms with Crippen LogP contribution in [-0.2, 0) is 9.59 Å². The molecule has 1 heterocycles. The summed E-state index contributed by atoms with van der Waals surface area (Å²) in [6.45, 7) is 3.82. The lowest BCUT2D eigenvalue weighted by Crippen LogP contribution is -2.35. The second-order valence-corrected chi connectivity index (χ2v) is 5.94. The highest BCUT2D eigenvalue weighted by Gasteiger charge is 2.40. The van der Waals surface area contributed by atoms with Gasteiger partial charge >= 0.3 is 0 Å². The zero-order chi connectivity index (χ0) is 17.3. The Kier molecular flexibility index (Phi) is 4.25. The van der Waals surface area contributed by atoms with E-state index in [1.165, 1.54) is 4.90 Å². The molecule has 1 saturated heterocycles. The summed E-state index contributed by atoms with van der Waals surface area (Å²) in [5.74, 6) is 0.350. The van der Waals surface area contributed by atoms with Gasteiger partial charge in [0.05, 0.1) is 19.2 Å². The summed E-state index contributed by atoms with van der Waals surface area (Å²) in [6.07, 6.45) is 0.151. The predicted molar refractivity (Wildman–Crippen MR) is 93.4 cm³/mol. The molecule has 0 unspecified atom stereocenters. The molecule has 0 bridgehead atoms. The van der Waals surface area contributed by atoms with E-state index in [2.05, 4.69) is 5.32 Å². The minimum atomic E-state index is -0.551. The van der Waals surface area contributed by atoms with Crippen LogP contribution in [0.15, 0.2) is 42.5 Å². The Morgan fingerprint density at radius 1 is 1.04 bits per heavy atom. The number of amides is 2. The van der Waals surface area contributed by atoms with Gasteiger partial charge in [0.15, 0.2) is 0 Å². The molecule has 3 rings (SSSR count). The normalized spacial score (nSPS) is 17.3. The number of carbonyl (C=O) groups is 2. The number of hydrogen-bond acceptors (Lipinski definition) is 4. The van der Waals surface area contributed by atoms with E-state index in [-0.39, 0.29) is 18.2 Å². The summed E-state index contributed by atoms with van der Waals surface area (Å²) >= 11 is 0. The van der Waals surface area contributed by atoms with Gasteiger partial charge in [-0.3, -0.25) is 9.59 Å². The molecule has 1 aliphatic heterocycles. The third kappa shape index (κ3) is 2.85. The number of imide groups is 1. The van der Waals surface area contributed by atoms with Gasteiger partial charge in [0.1, 0.15) is 11.8 Å². The summed E-state index contributed by atoms with van der Waals surface area (Å²) in [7, 11) is 1.60. The molecule has 5 heteroatoms. The summed E-state index contributed by atoms with van der Waals surface area (Å²) in [5, 5.41) is 3.14. The van der Waals surface area contributed by atoms with E-state index in [4.69, 9.17) is 4.74 Å². The fourth-order valence-electron chi connectivity index (χ4n) is 3.03. The Balaban J connectivity index is 1.83. The minimum Gasteiger partial charge on any atom is -0.497 e. The van der Waals surface area contributed by atoms with E-state index in [0.29, 0.717) is 5.69 Å². The number of nitrogens with zero attached hydrogens (tertiary/aromatic N) is 1. The van der Waals surface area contributed by atoms with Crippen LogP contribution < -0.4 is 15.0 Å². The van der Waals surface area contributed by atoms with Gasteiger partial charge in [-0.15, -0.1) is 0 Å². The molecule has 1 fully saturated rings. The summed E-state index contributed by atoms with van der Waals surface area (Å²) in [4.78, 5) is 26.5. The van der Waals surface area contributed by atoms with Crippen LogP contribution in [0.4, 0.5) is 11.4 Å². The van der Waals surface area contributed by atoms with Crippen LogP contribution in [0.3, 0.4) is 0 Å². The number of rotatable bonds is 4. The topological polar surface area (TPSA) is 58.6 Å². The molecule has 0 aromatic heterocycles. The molecule has 1 atom stereocenters. The molecule has 124 valence electrons. The molecular weight excluding hydrogens is 304 g/mol. The van der Waals surface area contributed by atoms with Crippen LogP contribution in [0.1, 0.15) is 17.5 Å². The lowest BCUT2D eigenvalue weighted by Gasteiger charge is -2.20. The Morgan fingerprint density at radius 3 is 2.25 bits per heavy atom. The zero-order valence-electron chi connectivity index (χ0n) is 14.0. The van der Waals surface area contributed by atoms with Crippen molar-refractivity contribution in [2.75, 3.05) is 17.3 Å². The average Bonchev–Trinajstić information content (AvgIpc) is 2.83. The standard InChI is InChI=1S/C19H20N2O3/c1-12-5-4-6-13(2)18(12)21-17(22)11-16(19(21)23)20-14-7-9-15(24-3)10-8-14/h4-10,16,20H,11H2,1-3H3/t16-/m0/s1. The molecule has 0 saturated carbocycles. The Hall–Kier alpha value is -2.82. The van der Waals surface area contributed by atoms with Crippen LogP contribution in [0, 0.1) is 13.8 Å². The van der Waals surface area contributed by atoms with Gasteiger partial charge in [-0.1, -0.05) is 18.2 Å². The smallest absolute Gasteiger partial charge is 0.256 e. The number of ether oxygens (including phenoxy) is 1. The first-order valence-electron chi connectivity index (χ1n) is 7.85. The minimum absolute atomic E-state index is 0.151. The third-order valence-electron chi connectivity index (χ3n) is 4.24. The fourth-order valence-corrected chi connectivity index (χ4v) is 3.03. The van der Waals surface area contributed by atoms with Crippen molar-refractivity contribution in [1.82, 2.24) is 0 Å². The van der Waals surface area contributed by atoms with Gasteiger partial charge < -0.3 is 10.1 Å². The highest BCUT2D eigenvalue weighted by molar-refractivity contribution is 6.23. The summed E-state index contributed by atoms with van der Waals surface area (Å²) in [6, 6.07) is 12.5. The maximum atomic E-state index is 12.8. The molecule has 2 aromatic carbocycles. The number of methoxy groups -OCH3 is 1. The average molecular weight is 324 g/mol. The van der Waals surface area contributed by atoms with Crippen LogP contribution >= 0.6 is 0 Å². The number of hydrogen-bond donors (Lipinski definition) is 1. The molecule has 0 radical (unpaired) electrons. The first kappa shape index (κ1) is 16.1. The molecule has 24 heavy (non-hydrogen) atoms. The number of carbonyl (C=O) groups excluding carboxylic acids is 2. The van der Waals surface area contributed by atoms with E-state index in [1.807, 2.05) is 56.3 Å². The number of anilines is 2. The van der Waals surface area contributed by atoms with E-state index in [0.717, 1.165) is 22.6 Å². The van der Waals surface area contributed by atoms with E-state index in [9.17, 15) is 9.59 Å². The Bertz CT molecular complexity index is 763. The van der Waals surface area contributed by atoms with Crippen molar-refractivity contribution in [3.8, 4) is 5.75 Å². The van der Waals surface area contributed by atoms with Gasteiger partial charge in [-0.05, 0) is 49.2 Å². The number of nitrogens with one attached hydrogen (secondary N) is 1. The van der Waals surface area contributed by atoms with Crippen molar-refractivity contribution >= 4 is 23.2 Å². The lowest BCUT2D eigenvalue weighted by molar-refractivity contribution is -0.121. The molecule has 0 aliphatic carbocycles. The fraction of sp³-hybridized carbons (Fsp3) is 0.263. The molecule has 2 amide bonds. The third-order valence-corrected chi connectivity index (χ3v) is 4.24. The largest absolute Gasteiger partial charge is 0.497 e. The lowest BCUT2D eigenvalue weighted by atomic mass is 10.1. The molecule has 5 nitrogen and oxygen atoms in total. The molecule has 0 spiro atoms. The predicted octanol–water partition coefficient (Wildman–Crippen LogP) is 3.06. The van der Waals surface area contributed by atoms with Crippen LogP contribution in [0.25, 0.3) is 0 Å².